The van der Waals surface area contributed by atoms with Crippen LogP contribution in [0.3, 0.4) is 0 Å². The first-order valence-corrected chi connectivity index (χ1v) is 16.5. The zero-order valence-electron chi connectivity index (χ0n) is 12.4. The van der Waals surface area contributed by atoms with Gasteiger partial charge in [-0.1, -0.05) is 0 Å². The van der Waals surface area contributed by atoms with Crippen molar-refractivity contribution in [2.45, 2.75) is 4.94 Å². The second-order valence-electron chi connectivity index (χ2n) is 5.06. The fourth-order valence-electron chi connectivity index (χ4n) is 2.54. The summed E-state index contributed by atoms with van der Waals surface area (Å²) in [5.74, 6) is 0. The minimum atomic E-state index is -1.96. The van der Waals surface area contributed by atoms with Crippen LogP contribution >= 0.6 is 16.8 Å². The molecule has 3 aromatic carbocycles. The van der Waals surface area contributed by atoms with Gasteiger partial charge in [0.15, 0.2) is 0 Å². The van der Waals surface area contributed by atoms with Crippen LogP contribution in [0.2, 0.25) is 4.94 Å². The van der Waals surface area contributed by atoms with Gasteiger partial charge in [-0.05, 0) is 0 Å². The van der Waals surface area contributed by atoms with Crippen molar-refractivity contribution >= 4 is 55.0 Å². The van der Waals surface area contributed by atoms with E-state index in [0.29, 0.717) is 0 Å². The number of benzene rings is 3. The molecule has 0 fully saturated rings. The first kappa shape index (κ1) is 16.1. The van der Waals surface area contributed by atoms with Crippen molar-refractivity contribution < 1.29 is 0 Å². The maximum absolute atomic E-state index is 6.63. The van der Waals surface area contributed by atoms with Crippen molar-refractivity contribution in [1.82, 2.24) is 0 Å². The average molecular weight is 430 g/mol. The van der Waals surface area contributed by atoms with Gasteiger partial charge in [0.25, 0.3) is 0 Å². The van der Waals surface area contributed by atoms with Crippen LogP contribution in [-0.2, 0) is 0 Å². The Morgan fingerprint density at radius 3 is 1.64 bits per heavy atom. The van der Waals surface area contributed by atoms with Gasteiger partial charge in [0.2, 0.25) is 0 Å². The van der Waals surface area contributed by atoms with Crippen LogP contribution in [0, 0.1) is 0 Å². The fraction of sp³-hybridized carbons (Fsp3) is 0.0526. The summed E-state index contributed by atoms with van der Waals surface area (Å²) in [4.78, 5) is 2.24. The first-order valence-electron chi connectivity index (χ1n) is 7.26. The third-order valence-corrected chi connectivity index (χ3v) is 11.4. The molecule has 0 aromatic heterocycles. The molecule has 1 radical (unpaired) electrons. The summed E-state index contributed by atoms with van der Waals surface area (Å²) >= 11 is -1.96. The van der Waals surface area contributed by atoms with Gasteiger partial charge in [-0.2, -0.15) is 0 Å². The normalized spacial score (nSPS) is 11.1. The van der Waals surface area contributed by atoms with Crippen LogP contribution < -0.4 is 19.5 Å². The summed E-state index contributed by atoms with van der Waals surface area (Å²) in [6.07, 6.45) is 0. The average Bonchev–Trinajstić information content (AvgIpc) is 2.57. The monoisotopic (exact) mass is 431 g/mol. The van der Waals surface area contributed by atoms with E-state index in [2.05, 4.69) is 89.9 Å². The quantitative estimate of drug-likeness (QED) is 0.439. The van der Waals surface area contributed by atoms with Gasteiger partial charge in [0.1, 0.15) is 0 Å². The van der Waals surface area contributed by atoms with Crippen LogP contribution in [0.15, 0.2) is 84.9 Å². The van der Waals surface area contributed by atoms with E-state index in [1.54, 1.807) is 0 Å². The van der Waals surface area contributed by atoms with Crippen LogP contribution in [-0.4, -0.2) is 18.6 Å². The summed E-state index contributed by atoms with van der Waals surface area (Å²) in [6.45, 7) is 0. The first-order chi connectivity index (χ1) is 10.8. The zero-order valence-corrected chi connectivity index (χ0v) is 16.9. The molecule has 0 heterocycles. The molecule has 0 aliphatic carbocycles. The molecular formula is C19H17ClPSn. The molecule has 109 valence electrons. The number of hydrogen-bond donors (Lipinski definition) is 0. The summed E-state index contributed by atoms with van der Waals surface area (Å²) < 4.78 is 1.42. The van der Waals surface area contributed by atoms with E-state index in [1.165, 1.54) is 19.5 Å². The van der Waals surface area contributed by atoms with Crippen LogP contribution in [0.1, 0.15) is 0 Å². The minimum absolute atomic E-state index is 0.535. The molecule has 3 aromatic rings. The Kier molecular flexibility index (Phi) is 5.57. The Morgan fingerprint density at radius 1 is 0.682 bits per heavy atom. The Morgan fingerprint density at radius 2 is 1.14 bits per heavy atom. The molecule has 0 amide bonds. The SMILES string of the molecule is [CH3][Sn]([Cl])[c]1ccccc1P(c1ccccc1)c1ccccc1. The molecule has 0 N–H and O–H groups in total. The Bertz CT molecular complexity index is 689. The Balaban J connectivity index is 2.19. The third kappa shape index (κ3) is 3.56. The van der Waals surface area contributed by atoms with Crippen LogP contribution in [0.4, 0.5) is 0 Å². The van der Waals surface area contributed by atoms with E-state index in [-0.39, 0.29) is 0 Å². The van der Waals surface area contributed by atoms with E-state index in [4.69, 9.17) is 8.92 Å². The maximum atomic E-state index is 6.63. The zero-order chi connectivity index (χ0) is 15.4. The molecule has 22 heavy (non-hydrogen) atoms. The molecular weight excluding hydrogens is 413 g/mol. The van der Waals surface area contributed by atoms with Crippen LogP contribution in [0.5, 0.6) is 0 Å². The number of hydrogen-bond acceptors (Lipinski definition) is 0. The molecule has 3 heteroatoms. The predicted molar refractivity (Wildman–Crippen MR) is 102 cm³/mol. The molecule has 0 saturated heterocycles. The standard InChI is InChI=1S/C18H14P.CH3.ClH.Sn/c1-4-10-16(11-5-1)19(17-12-6-2-7-13-17)18-14-8-3-9-15-18;;;/h1-14H;1H3;1H;/q;;;+1/p-1. The second-order valence-corrected chi connectivity index (χ2v) is 15.6. The third-order valence-electron chi connectivity index (χ3n) is 3.54. The molecule has 0 unspecified atom stereocenters. The summed E-state index contributed by atoms with van der Waals surface area (Å²) in [5, 5.41) is 4.21. The van der Waals surface area contributed by atoms with E-state index >= 15 is 0 Å². The van der Waals surface area contributed by atoms with Gasteiger partial charge in [-0.15, -0.1) is 0 Å². The van der Waals surface area contributed by atoms with E-state index in [1.807, 2.05) is 0 Å². The fourth-order valence-corrected chi connectivity index (χ4v) is 10.7. The van der Waals surface area contributed by atoms with Gasteiger partial charge >= 0.3 is 145 Å². The molecule has 3 rings (SSSR count). The van der Waals surface area contributed by atoms with Crippen molar-refractivity contribution in [3.63, 3.8) is 0 Å². The Labute approximate surface area is 144 Å². The predicted octanol–water partition coefficient (Wildman–Crippen LogP) is 3.51. The summed E-state index contributed by atoms with van der Waals surface area (Å²) in [5.41, 5.74) is 0. The molecule has 0 spiro atoms. The van der Waals surface area contributed by atoms with Crippen molar-refractivity contribution in [2.24, 2.45) is 0 Å². The summed E-state index contributed by atoms with van der Waals surface area (Å²) in [6, 6.07) is 30.4. The van der Waals surface area contributed by atoms with Crippen molar-refractivity contribution in [2.75, 3.05) is 0 Å². The molecule has 0 nitrogen and oxygen atoms in total. The van der Waals surface area contributed by atoms with Crippen molar-refractivity contribution in [3.05, 3.63) is 84.9 Å². The Hall–Kier alpha value is -0.821. The van der Waals surface area contributed by atoms with E-state index < -0.39 is 26.6 Å². The number of rotatable bonds is 4. The van der Waals surface area contributed by atoms with Gasteiger partial charge < -0.3 is 0 Å². The van der Waals surface area contributed by atoms with Crippen molar-refractivity contribution in [1.29, 1.82) is 0 Å². The number of halogens is 1. The van der Waals surface area contributed by atoms with E-state index in [9.17, 15) is 0 Å². The van der Waals surface area contributed by atoms with Crippen molar-refractivity contribution in [3.8, 4) is 0 Å². The second kappa shape index (κ2) is 7.64. The van der Waals surface area contributed by atoms with Gasteiger partial charge in [0, 0.05) is 0 Å². The molecule has 0 saturated carbocycles. The molecule has 0 aliphatic rings. The molecule has 0 atom stereocenters. The van der Waals surface area contributed by atoms with Crippen LogP contribution in [0.25, 0.3) is 0 Å². The topological polar surface area (TPSA) is 0 Å². The van der Waals surface area contributed by atoms with Gasteiger partial charge in [-0.3, -0.25) is 0 Å². The summed E-state index contributed by atoms with van der Waals surface area (Å²) in [7, 11) is 6.10. The van der Waals surface area contributed by atoms with E-state index in [0.717, 1.165) is 0 Å². The van der Waals surface area contributed by atoms with Gasteiger partial charge in [-0.25, -0.2) is 0 Å². The van der Waals surface area contributed by atoms with Gasteiger partial charge in [0.05, 0.1) is 0 Å². The molecule has 0 bridgehead atoms. The molecule has 0 aliphatic heterocycles.